The van der Waals surface area contributed by atoms with Gasteiger partial charge in [-0.1, -0.05) is 17.7 Å². The summed E-state index contributed by atoms with van der Waals surface area (Å²) in [6.45, 7) is 4.88. The van der Waals surface area contributed by atoms with Crippen LogP contribution >= 0.6 is 11.6 Å². The number of aryl methyl sites for hydroxylation is 2. The zero-order chi connectivity index (χ0) is 15.2. The second kappa shape index (κ2) is 7.13. The molecule has 21 heavy (non-hydrogen) atoms. The molecule has 2 rings (SSSR count). The van der Waals surface area contributed by atoms with E-state index in [2.05, 4.69) is 10.4 Å². The van der Waals surface area contributed by atoms with Crippen molar-refractivity contribution in [2.75, 3.05) is 13.2 Å². The summed E-state index contributed by atoms with van der Waals surface area (Å²) in [5.74, 6) is 0.603. The van der Waals surface area contributed by atoms with Gasteiger partial charge in [0.1, 0.15) is 18.9 Å². The first-order valence-corrected chi connectivity index (χ1v) is 7.08. The monoisotopic (exact) mass is 307 g/mol. The van der Waals surface area contributed by atoms with Crippen molar-refractivity contribution in [2.45, 2.75) is 20.4 Å². The molecule has 5 nitrogen and oxygen atoms in total. The molecule has 1 heterocycles. The third-order valence-electron chi connectivity index (χ3n) is 2.89. The van der Waals surface area contributed by atoms with Gasteiger partial charge in [-0.3, -0.25) is 9.48 Å². The predicted octanol–water partition coefficient (Wildman–Crippen LogP) is 2.35. The number of nitrogens with one attached hydrogen (secondary N) is 1. The number of ether oxygens (including phenoxy) is 1. The van der Waals surface area contributed by atoms with Crippen LogP contribution in [-0.2, 0) is 11.3 Å². The molecule has 0 aliphatic carbocycles. The number of hydrogen-bond donors (Lipinski definition) is 1. The van der Waals surface area contributed by atoms with Gasteiger partial charge in [-0.15, -0.1) is 0 Å². The van der Waals surface area contributed by atoms with Crippen molar-refractivity contribution >= 4 is 17.5 Å². The number of amides is 1. The summed E-state index contributed by atoms with van der Waals surface area (Å²) in [4.78, 5) is 11.8. The molecule has 0 radical (unpaired) electrons. The lowest BCUT2D eigenvalue weighted by Crippen LogP contribution is -2.31. The van der Waals surface area contributed by atoms with E-state index in [1.165, 1.54) is 0 Å². The smallest absolute Gasteiger partial charge is 0.241 e. The number of carbonyl (C=O) groups excluding carboxylic acids is 1. The van der Waals surface area contributed by atoms with Gasteiger partial charge < -0.3 is 10.1 Å². The van der Waals surface area contributed by atoms with Gasteiger partial charge in [-0.05, 0) is 38.1 Å². The first-order valence-electron chi connectivity index (χ1n) is 6.71. The van der Waals surface area contributed by atoms with E-state index in [1.807, 2.05) is 32.0 Å². The quantitative estimate of drug-likeness (QED) is 0.834. The third kappa shape index (κ3) is 4.79. The number of benzene rings is 1. The van der Waals surface area contributed by atoms with Crippen LogP contribution in [0.2, 0.25) is 5.02 Å². The minimum absolute atomic E-state index is 0.0871. The van der Waals surface area contributed by atoms with E-state index in [-0.39, 0.29) is 12.5 Å². The molecule has 112 valence electrons. The Kier molecular flexibility index (Phi) is 5.22. The zero-order valence-corrected chi connectivity index (χ0v) is 12.9. The molecule has 2 aromatic rings. The van der Waals surface area contributed by atoms with Crippen LogP contribution in [0.5, 0.6) is 5.75 Å². The molecular weight excluding hydrogens is 290 g/mol. The molecule has 1 amide bonds. The van der Waals surface area contributed by atoms with E-state index in [9.17, 15) is 4.79 Å². The number of rotatable bonds is 6. The van der Waals surface area contributed by atoms with E-state index in [4.69, 9.17) is 16.3 Å². The largest absolute Gasteiger partial charge is 0.492 e. The topological polar surface area (TPSA) is 56.2 Å². The van der Waals surface area contributed by atoms with Crippen molar-refractivity contribution in [1.29, 1.82) is 0 Å². The maximum atomic E-state index is 11.8. The fourth-order valence-electron chi connectivity index (χ4n) is 1.94. The third-order valence-corrected chi connectivity index (χ3v) is 3.12. The Hall–Kier alpha value is -2.01. The SMILES string of the molecule is Cc1cc(C)n(CC(=O)NCCOc2cccc(Cl)c2)n1. The van der Waals surface area contributed by atoms with Crippen LogP contribution in [0.15, 0.2) is 30.3 Å². The lowest BCUT2D eigenvalue weighted by Gasteiger charge is -2.08. The fraction of sp³-hybridized carbons (Fsp3) is 0.333. The molecular formula is C15H18ClN3O2. The molecule has 0 atom stereocenters. The van der Waals surface area contributed by atoms with Crippen LogP contribution in [0.25, 0.3) is 0 Å². The summed E-state index contributed by atoms with van der Waals surface area (Å²) in [6.07, 6.45) is 0. The first-order chi connectivity index (χ1) is 10.0. The van der Waals surface area contributed by atoms with E-state index in [0.29, 0.717) is 23.9 Å². The fourth-order valence-corrected chi connectivity index (χ4v) is 2.12. The van der Waals surface area contributed by atoms with Gasteiger partial charge in [-0.25, -0.2) is 0 Å². The van der Waals surface area contributed by atoms with Crippen LogP contribution in [0.4, 0.5) is 0 Å². The lowest BCUT2D eigenvalue weighted by atomic mass is 10.3. The molecule has 0 bridgehead atoms. The minimum Gasteiger partial charge on any atom is -0.492 e. The van der Waals surface area contributed by atoms with Crippen molar-refractivity contribution in [3.05, 3.63) is 46.7 Å². The van der Waals surface area contributed by atoms with Gasteiger partial charge in [0.2, 0.25) is 5.91 Å². The Balaban J connectivity index is 1.71. The van der Waals surface area contributed by atoms with Gasteiger partial charge in [0.15, 0.2) is 0 Å². The zero-order valence-electron chi connectivity index (χ0n) is 12.1. The van der Waals surface area contributed by atoms with Crippen LogP contribution < -0.4 is 10.1 Å². The van der Waals surface area contributed by atoms with Gasteiger partial charge in [0, 0.05) is 10.7 Å². The predicted molar refractivity (Wildman–Crippen MR) is 81.7 cm³/mol. The molecule has 0 spiro atoms. The highest BCUT2D eigenvalue weighted by atomic mass is 35.5. The van der Waals surface area contributed by atoms with E-state index in [0.717, 1.165) is 11.4 Å². The molecule has 1 N–H and O–H groups in total. The van der Waals surface area contributed by atoms with Crippen molar-refractivity contribution in [2.24, 2.45) is 0 Å². The minimum atomic E-state index is -0.0871. The number of hydrogen-bond acceptors (Lipinski definition) is 3. The average Bonchev–Trinajstić information content (AvgIpc) is 2.73. The highest BCUT2D eigenvalue weighted by molar-refractivity contribution is 6.30. The number of carbonyl (C=O) groups is 1. The standard InChI is InChI=1S/C15H18ClN3O2/c1-11-8-12(2)19(18-11)10-15(20)17-6-7-21-14-5-3-4-13(16)9-14/h3-5,8-9H,6-7,10H2,1-2H3,(H,17,20). The number of nitrogens with zero attached hydrogens (tertiary/aromatic N) is 2. The molecule has 0 unspecified atom stereocenters. The summed E-state index contributed by atoms with van der Waals surface area (Å²) >= 11 is 5.86. The lowest BCUT2D eigenvalue weighted by molar-refractivity contribution is -0.122. The maximum Gasteiger partial charge on any atom is 0.241 e. The van der Waals surface area contributed by atoms with Gasteiger partial charge in [0.25, 0.3) is 0 Å². The molecule has 0 saturated carbocycles. The summed E-state index contributed by atoms with van der Waals surface area (Å²) in [6, 6.07) is 9.10. The van der Waals surface area contributed by atoms with Crippen LogP contribution in [0, 0.1) is 13.8 Å². The van der Waals surface area contributed by atoms with Crippen LogP contribution in [0.1, 0.15) is 11.4 Å². The second-order valence-electron chi connectivity index (χ2n) is 4.74. The van der Waals surface area contributed by atoms with Gasteiger partial charge >= 0.3 is 0 Å². The Morgan fingerprint density at radius 2 is 2.19 bits per heavy atom. The van der Waals surface area contributed by atoms with Crippen molar-refractivity contribution in [3.8, 4) is 5.75 Å². The highest BCUT2D eigenvalue weighted by Crippen LogP contribution is 2.16. The van der Waals surface area contributed by atoms with Crippen LogP contribution in [-0.4, -0.2) is 28.8 Å². The van der Waals surface area contributed by atoms with Gasteiger partial charge in [-0.2, -0.15) is 5.10 Å². The Morgan fingerprint density at radius 3 is 2.86 bits per heavy atom. The van der Waals surface area contributed by atoms with Crippen molar-refractivity contribution in [1.82, 2.24) is 15.1 Å². The molecule has 0 fully saturated rings. The normalized spacial score (nSPS) is 10.4. The van der Waals surface area contributed by atoms with Crippen molar-refractivity contribution in [3.63, 3.8) is 0 Å². The van der Waals surface area contributed by atoms with Crippen LogP contribution in [0.3, 0.4) is 0 Å². The molecule has 6 heteroatoms. The van der Waals surface area contributed by atoms with Gasteiger partial charge in [0.05, 0.1) is 12.2 Å². The second-order valence-corrected chi connectivity index (χ2v) is 5.18. The first kappa shape index (κ1) is 15.4. The van der Waals surface area contributed by atoms with E-state index in [1.54, 1.807) is 16.8 Å². The average molecular weight is 308 g/mol. The van der Waals surface area contributed by atoms with E-state index < -0.39 is 0 Å². The van der Waals surface area contributed by atoms with Crippen molar-refractivity contribution < 1.29 is 9.53 Å². The Labute approximate surface area is 128 Å². The Morgan fingerprint density at radius 1 is 1.38 bits per heavy atom. The number of halogens is 1. The maximum absolute atomic E-state index is 11.8. The summed E-state index contributed by atoms with van der Waals surface area (Å²) in [5, 5.41) is 7.67. The summed E-state index contributed by atoms with van der Waals surface area (Å²) in [5.41, 5.74) is 1.88. The number of aromatic nitrogens is 2. The summed E-state index contributed by atoms with van der Waals surface area (Å²) in [7, 11) is 0. The molecule has 0 aliphatic rings. The molecule has 1 aromatic carbocycles. The highest BCUT2D eigenvalue weighted by Gasteiger charge is 2.06. The molecule has 0 saturated heterocycles. The molecule has 1 aromatic heterocycles. The molecule has 0 aliphatic heterocycles. The van der Waals surface area contributed by atoms with E-state index >= 15 is 0 Å². The summed E-state index contributed by atoms with van der Waals surface area (Å²) < 4.78 is 7.18. The Bertz CT molecular complexity index is 625.